The highest BCUT2D eigenvalue weighted by Crippen LogP contribution is 2.31. The van der Waals surface area contributed by atoms with E-state index in [2.05, 4.69) is 31.4 Å². The van der Waals surface area contributed by atoms with Crippen LogP contribution in [0, 0.1) is 0 Å². The van der Waals surface area contributed by atoms with Crippen molar-refractivity contribution < 1.29 is 33.3 Å². The topological polar surface area (TPSA) is 88.1 Å². The molecule has 0 radical (unpaired) electrons. The third-order valence-electron chi connectivity index (χ3n) is 7.51. The zero-order valence-electron chi connectivity index (χ0n) is 26.7. The first-order valence-corrected chi connectivity index (χ1v) is 16.9. The average molecular weight is 655 g/mol. The minimum absolute atomic E-state index is 0.0130. The van der Waals surface area contributed by atoms with E-state index in [1.165, 1.54) is 23.9 Å². The summed E-state index contributed by atoms with van der Waals surface area (Å²) in [5.74, 6) is 0.844. The van der Waals surface area contributed by atoms with Gasteiger partial charge in [0.05, 0.1) is 26.4 Å². The van der Waals surface area contributed by atoms with E-state index in [1.807, 2.05) is 54.6 Å². The molecule has 0 spiro atoms. The van der Waals surface area contributed by atoms with Crippen molar-refractivity contribution >= 4 is 50.4 Å². The van der Waals surface area contributed by atoms with Crippen molar-refractivity contribution in [3.63, 3.8) is 0 Å². The summed E-state index contributed by atoms with van der Waals surface area (Å²) in [6.07, 6.45) is 9.80. The summed E-state index contributed by atoms with van der Waals surface area (Å²) in [6, 6.07) is 23.7. The van der Waals surface area contributed by atoms with Crippen LogP contribution in [0.5, 0.6) is 11.5 Å². The van der Waals surface area contributed by atoms with Gasteiger partial charge in [-0.3, -0.25) is 4.79 Å². The summed E-state index contributed by atoms with van der Waals surface area (Å²) < 4.78 is 21.8. The number of esters is 2. The van der Waals surface area contributed by atoms with Crippen LogP contribution in [0.15, 0.2) is 103 Å². The molecule has 0 aromatic heterocycles. The van der Waals surface area contributed by atoms with Gasteiger partial charge in [0.15, 0.2) is 0 Å². The number of fused-ring (bicyclic) bond motifs is 3. The van der Waals surface area contributed by atoms with Gasteiger partial charge in [-0.25, -0.2) is 9.59 Å². The first kappa shape index (κ1) is 35.3. The van der Waals surface area contributed by atoms with Crippen LogP contribution in [0.4, 0.5) is 0 Å². The highest BCUT2D eigenvalue weighted by molar-refractivity contribution is 8.14. The van der Waals surface area contributed by atoms with Gasteiger partial charge < -0.3 is 18.9 Å². The largest absolute Gasteiger partial charge is 0.494 e. The lowest BCUT2D eigenvalue weighted by atomic mass is 10.0. The van der Waals surface area contributed by atoms with E-state index in [-0.39, 0.29) is 17.1 Å². The quantitative estimate of drug-likeness (QED) is 0.0306. The van der Waals surface area contributed by atoms with E-state index in [9.17, 15) is 14.4 Å². The molecule has 0 amide bonds. The molecule has 47 heavy (non-hydrogen) atoms. The second-order valence-electron chi connectivity index (χ2n) is 11.0. The van der Waals surface area contributed by atoms with Crippen molar-refractivity contribution in [3.05, 3.63) is 104 Å². The second-order valence-corrected chi connectivity index (χ2v) is 12.1. The van der Waals surface area contributed by atoms with Crippen LogP contribution in [-0.4, -0.2) is 43.5 Å². The van der Waals surface area contributed by atoms with Gasteiger partial charge in [0.1, 0.15) is 11.5 Å². The molecule has 4 aromatic carbocycles. The summed E-state index contributed by atoms with van der Waals surface area (Å²) in [5.41, 5.74) is 0.653. The molecule has 0 unspecified atom stereocenters. The van der Waals surface area contributed by atoms with Crippen LogP contribution >= 0.6 is 11.8 Å². The third-order valence-corrected chi connectivity index (χ3v) is 8.44. The Bertz CT molecular complexity index is 1660. The van der Waals surface area contributed by atoms with E-state index in [0.717, 1.165) is 89.3 Å². The fraction of sp³-hybridized carbons (Fsp3) is 0.308. The van der Waals surface area contributed by atoms with Crippen LogP contribution in [-0.2, 0) is 19.1 Å². The van der Waals surface area contributed by atoms with E-state index in [4.69, 9.17) is 18.9 Å². The molecule has 0 N–H and O–H groups in total. The SMILES string of the molecule is C=CC(=O)OCCCCCCOc1ccc(SC(=O)c2ccc3c(ccc4cc(OCCCCCCOC(=O)C=C)ccc43)c2)cc1. The molecule has 4 rings (SSSR count). The van der Waals surface area contributed by atoms with Gasteiger partial charge in [0, 0.05) is 22.6 Å². The Hall–Kier alpha value is -4.56. The molecule has 0 aliphatic rings. The number of carbonyl (C=O) groups is 3. The average Bonchev–Trinajstić information content (AvgIpc) is 3.10. The molecule has 0 atom stereocenters. The Morgan fingerprint density at radius 2 is 1.04 bits per heavy atom. The number of ether oxygens (including phenoxy) is 4. The van der Waals surface area contributed by atoms with Gasteiger partial charge in [0.25, 0.3) is 0 Å². The summed E-state index contributed by atoms with van der Waals surface area (Å²) in [5, 5.41) is 4.28. The van der Waals surface area contributed by atoms with Crippen LogP contribution in [0.25, 0.3) is 21.5 Å². The molecule has 0 aliphatic carbocycles. The number of benzene rings is 4. The predicted molar refractivity (Wildman–Crippen MR) is 188 cm³/mol. The first-order chi connectivity index (χ1) is 23.0. The van der Waals surface area contributed by atoms with E-state index in [0.29, 0.717) is 32.0 Å². The number of rotatable bonds is 20. The Kier molecular flexibility index (Phi) is 14.4. The Morgan fingerprint density at radius 3 is 1.62 bits per heavy atom. The number of carbonyl (C=O) groups excluding carboxylic acids is 3. The van der Waals surface area contributed by atoms with Crippen LogP contribution in [0.1, 0.15) is 61.7 Å². The molecule has 4 aromatic rings. The van der Waals surface area contributed by atoms with Crippen molar-refractivity contribution in [2.75, 3.05) is 26.4 Å². The summed E-state index contributed by atoms with van der Waals surface area (Å²) in [7, 11) is 0. The van der Waals surface area contributed by atoms with Crippen molar-refractivity contribution in [1.82, 2.24) is 0 Å². The lowest BCUT2D eigenvalue weighted by Crippen LogP contribution is -2.02. The zero-order chi connectivity index (χ0) is 33.3. The molecule has 0 bridgehead atoms. The second kappa shape index (κ2) is 19.2. The normalized spacial score (nSPS) is 10.8. The van der Waals surface area contributed by atoms with Gasteiger partial charge >= 0.3 is 11.9 Å². The van der Waals surface area contributed by atoms with Crippen LogP contribution < -0.4 is 9.47 Å². The van der Waals surface area contributed by atoms with Crippen LogP contribution in [0.3, 0.4) is 0 Å². The highest BCUT2D eigenvalue weighted by Gasteiger charge is 2.11. The zero-order valence-corrected chi connectivity index (χ0v) is 27.6. The van der Waals surface area contributed by atoms with Crippen molar-refractivity contribution in [2.45, 2.75) is 56.3 Å². The number of hydrogen-bond acceptors (Lipinski definition) is 8. The molecule has 246 valence electrons. The van der Waals surface area contributed by atoms with Crippen molar-refractivity contribution in [3.8, 4) is 11.5 Å². The maximum Gasteiger partial charge on any atom is 0.330 e. The molecule has 8 heteroatoms. The Balaban J connectivity index is 1.21. The van der Waals surface area contributed by atoms with Gasteiger partial charge in [-0.2, -0.15) is 0 Å². The molecule has 7 nitrogen and oxygen atoms in total. The highest BCUT2D eigenvalue weighted by atomic mass is 32.2. The number of thioether (sulfide) groups is 1. The van der Waals surface area contributed by atoms with Gasteiger partial charge in [0.2, 0.25) is 5.12 Å². The lowest BCUT2D eigenvalue weighted by Gasteiger charge is -2.10. The molecule has 0 aliphatic heterocycles. The minimum atomic E-state index is -0.382. The number of hydrogen-bond donors (Lipinski definition) is 0. The van der Waals surface area contributed by atoms with E-state index in [1.54, 1.807) is 0 Å². The summed E-state index contributed by atoms with van der Waals surface area (Å²) in [6.45, 7) is 8.85. The van der Waals surface area contributed by atoms with E-state index < -0.39 is 0 Å². The molecule has 0 fully saturated rings. The standard InChI is InChI=1S/C39H42O7S/c1-3-37(40)45-25-11-7-5-9-23-43-32-16-19-34(20-17-32)47-39(42)31-15-21-35-29(27-31)13-14-30-28-33(18-22-36(30)35)44-24-10-6-8-12-26-46-38(41)4-2/h3-4,13-22,27-28H,1-2,5-12,23-26H2. The fourth-order valence-corrected chi connectivity index (χ4v) is 5.73. The molecule has 0 heterocycles. The van der Waals surface area contributed by atoms with Gasteiger partial charge in [-0.05, 0) is 133 Å². The molecule has 0 saturated carbocycles. The lowest BCUT2D eigenvalue weighted by molar-refractivity contribution is -0.138. The smallest absolute Gasteiger partial charge is 0.330 e. The molecular weight excluding hydrogens is 612 g/mol. The molecular formula is C39H42O7S. The van der Waals surface area contributed by atoms with Gasteiger partial charge in [-0.1, -0.05) is 37.4 Å². The minimum Gasteiger partial charge on any atom is -0.494 e. The van der Waals surface area contributed by atoms with Crippen molar-refractivity contribution in [1.29, 1.82) is 0 Å². The maximum atomic E-state index is 13.1. The van der Waals surface area contributed by atoms with Crippen molar-refractivity contribution in [2.24, 2.45) is 0 Å². The van der Waals surface area contributed by atoms with Gasteiger partial charge in [-0.15, -0.1) is 0 Å². The summed E-state index contributed by atoms with van der Waals surface area (Å²) in [4.78, 5) is 36.1. The Morgan fingerprint density at radius 1 is 0.553 bits per heavy atom. The first-order valence-electron chi connectivity index (χ1n) is 16.1. The Labute approximate surface area is 280 Å². The predicted octanol–water partition coefficient (Wildman–Crippen LogP) is 9.26. The van der Waals surface area contributed by atoms with Crippen LogP contribution in [0.2, 0.25) is 0 Å². The molecule has 0 saturated heterocycles. The number of unbranched alkanes of at least 4 members (excludes halogenated alkanes) is 6. The third kappa shape index (κ3) is 11.6. The summed E-state index contributed by atoms with van der Waals surface area (Å²) >= 11 is 1.20. The monoisotopic (exact) mass is 654 g/mol. The maximum absolute atomic E-state index is 13.1. The fourth-order valence-electron chi connectivity index (χ4n) is 4.99. The van der Waals surface area contributed by atoms with E-state index >= 15 is 0 Å².